The summed E-state index contributed by atoms with van der Waals surface area (Å²) in [6, 6.07) is 16.6. The van der Waals surface area contributed by atoms with Gasteiger partial charge in [0.1, 0.15) is 0 Å². The van der Waals surface area contributed by atoms with Crippen LogP contribution in [0.2, 0.25) is 0 Å². The number of hydrogen-bond acceptors (Lipinski definition) is 3. The number of hydrogen-bond donors (Lipinski definition) is 1. The lowest BCUT2D eigenvalue weighted by Gasteiger charge is -2.17. The summed E-state index contributed by atoms with van der Waals surface area (Å²) in [5.41, 5.74) is 4.42. The Morgan fingerprint density at radius 2 is 1.59 bits per heavy atom. The van der Waals surface area contributed by atoms with E-state index in [4.69, 9.17) is 0 Å². The molecule has 0 saturated carbocycles. The van der Waals surface area contributed by atoms with Gasteiger partial charge in [-0.05, 0) is 55.3 Å². The van der Waals surface area contributed by atoms with Crippen molar-refractivity contribution >= 4 is 23.2 Å². The Morgan fingerprint density at radius 3 is 2.30 bits per heavy atom. The van der Waals surface area contributed by atoms with Gasteiger partial charge in [-0.15, -0.1) is 0 Å². The average Bonchev–Trinajstić information content (AvgIpc) is 2.70. The van der Waals surface area contributed by atoms with Gasteiger partial charge < -0.3 is 10.2 Å². The maximum Gasteiger partial charge on any atom is 0.259 e. The zero-order chi connectivity index (χ0) is 19.4. The van der Waals surface area contributed by atoms with Crippen LogP contribution < -0.4 is 10.2 Å². The summed E-state index contributed by atoms with van der Waals surface area (Å²) in [6.45, 7) is 4.01. The van der Waals surface area contributed by atoms with E-state index in [1.54, 1.807) is 13.1 Å². The summed E-state index contributed by atoms with van der Waals surface area (Å²) in [4.78, 5) is 30.9. The second kappa shape index (κ2) is 7.83. The highest BCUT2D eigenvalue weighted by Crippen LogP contribution is 2.17. The molecule has 0 bridgehead atoms. The number of anilines is 2. The summed E-state index contributed by atoms with van der Waals surface area (Å²) < 4.78 is 0. The molecule has 5 heteroatoms. The number of nitrogens with one attached hydrogen (secondary N) is 1. The number of nitrogens with zero attached hydrogens (tertiary/aromatic N) is 2. The van der Waals surface area contributed by atoms with Crippen LogP contribution in [0.1, 0.15) is 31.8 Å². The highest BCUT2D eigenvalue weighted by atomic mass is 16.2. The van der Waals surface area contributed by atoms with Crippen molar-refractivity contribution in [3.05, 3.63) is 89.2 Å². The van der Waals surface area contributed by atoms with E-state index in [2.05, 4.69) is 10.3 Å². The van der Waals surface area contributed by atoms with Gasteiger partial charge in [0.05, 0.1) is 11.1 Å². The lowest BCUT2D eigenvalue weighted by atomic mass is 10.1. The second-order valence-electron chi connectivity index (χ2n) is 6.42. The molecule has 1 heterocycles. The van der Waals surface area contributed by atoms with Crippen LogP contribution in [0.3, 0.4) is 0 Å². The number of para-hydroxylation sites is 1. The fourth-order valence-electron chi connectivity index (χ4n) is 2.67. The SMILES string of the molecule is Cc1ccc(NC(=O)c2cncc(C(=O)N(C)c3ccccc3)c2)cc1C. The first-order chi connectivity index (χ1) is 13.0. The molecule has 27 heavy (non-hydrogen) atoms. The molecule has 3 rings (SSSR count). The number of rotatable bonds is 4. The number of pyridine rings is 1. The van der Waals surface area contributed by atoms with Crippen molar-refractivity contribution in [3.63, 3.8) is 0 Å². The molecule has 5 nitrogen and oxygen atoms in total. The molecule has 2 aromatic carbocycles. The average molecular weight is 359 g/mol. The third-order valence-corrected chi connectivity index (χ3v) is 4.46. The summed E-state index contributed by atoms with van der Waals surface area (Å²) in [6.07, 6.45) is 2.92. The molecule has 0 saturated heterocycles. The third kappa shape index (κ3) is 4.20. The monoisotopic (exact) mass is 359 g/mol. The van der Waals surface area contributed by atoms with E-state index in [1.165, 1.54) is 17.3 Å². The van der Waals surface area contributed by atoms with Gasteiger partial charge in [0.15, 0.2) is 0 Å². The second-order valence-corrected chi connectivity index (χ2v) is 6.42. The summed E-state index contributed by atoms with van der Waals surface area (Å²) in [7, 11) is 1.69. The van der Waals surface area contributed by atoms with Crippen LogP contribution in [0.4, 0.5) is 11.4 Å². The number of aromatic nitrogens is 1. The highest BCUT2D eigenvalue weighted by molar-refractivity contribution is 6.09. The molecule has 1 aromatic heterocycles. The molecule has 0 atom stereocenters. The Balaban J connectivity index is 1.79. The van der Waals surface area contributed by atoms with E-state index in [9.17, 15) is 9.59 Å². The molecule has 0 aliphatic rings. The van der Waals surface area contributed by atoms with E-state index in [0.29, 0.717) is 16.8 Å². The Bertz CT molecular complexity index is 984. The molecule has 0 aliphatic heterocycles. The van der Waals surface area contributed by atoms with E-state index >= 15 is 0 Å². The first-order valence-electron chi connectivity index (χ1n) is 8.62. The van der Waals surface area contributed by atoms with Gasteiger partial charge >= 0.3 is 0 Å². The topological polar surface area (TPSA) is 62.3 Å². The van der Waals surface area contributed by atoms with Crippen LogP contribution in [-0.4, -0.2) is 23.8 Å². The van der Waals surface area contributed by atoms with E-state index in [1.807, 2.05) is 62.4 Å². The zero-order valence-electron chi connectivity index (χ0n) is 15.6. The molecule has 0 fully saturated rings. The number of aryl methyl sites for hydroxylation is 2. The lowest BCUT2D eigenvalue weighted by Crippen LogP contribution is -2.26. The minimum atomic E-state index is -0.303. The van der Waals surface area contributed by atoms with Gasteiger partial charge in [-0.2, -0.15) is 0 Å². The molecule has 0 radical (unpaired) electrons. The maximum absolute atomic E-state index is 12.7. The molecule has 0 unspecified atom stereocenters. The molecule has 0 aliphatic carbocycles. The fourth-order valence-corrected chi connectivity index (χ4v) is 2.67. The summed E-state index contributed by atoms with van der Waals surface area (Å²) in [5.74, 6) is -0.530. The van der Waals surface area contributed by atoms with E-state index < -0.39 is 0 Å². The smallest absolute Gasteiger partial charge is 0.259 e. The highest BCUT2D eigenvalue weighted by Gasteiger charge is 2.16. The lowest BCUT2D eigenvalue weighted by molar-refractivity contribution is 0.0992. The van der Waals surface area contributed by atoms with E-state index in [-0.39, 0.29) is 11.8 Å². The predicted molar refractivity (Wildman–Crippen MR) is 107 cm³/mol. The van der Waals surface area contributed by atoms with Crippen molar-refractivity contribution in [1.82, 2.24) is 4.98 Å². The van der Waals surface area contributed by atoms with Crippen molar-refractivity contribution in [2.24, 2.45) is 0 Å². The van der Waals surface area contributed by atoms with Gasteiger partial charge in [0.2, 0.25) is 0 Å². The Kier molecular flexibility index (Phi) is 5.31. The standard InChI is InChI=1S/C22H21N3O2/c1-15-9-10-19(11-16(15)2)24-21(26)17-12-18(14-23-13-17)22(27)25(3)20-7-5-4-6-8-20/h4-14H,1-3H3,(H,24,26). The van der Waals surface area contributed by atoms with Crippen molar-refractivity contribution in [2.75, 3.05) is 17.3 Å². The minimum absolute atomic E-state index is 0.227. The van der Waals surface area contributed by atoms with Crippen LogP contribution in [-0.2, 0) is 0 Å². The molecular weight excluding hydrogens is 338 g/mol. The number of benzene rings is 2. The normalized spacial score (nSPS) is 10.3. The zero-order valence-corrected chi connectivity index (χ0v) is 15.6. The van der Waals surface area contributed by atoms with Crippen LogP contribution in [0.15, 0.2) is 67.0 Å². The molecular formula is C22H21N3O2. The Hall–Kier alpha value is -3.47. The van der Waals surface area contributed by atoms with Gasteiger partial charge in [0, 0.05) is 30.8 Å². The van der Waals surface area contributed by atoms with Gasteiger partial charge in [-0.25, -0.2) is 0 Å². The summed E-state index contributed by atoms with van der Waals surface area (Å²) >= 11 is 0. The largest absolute Gasteiger partial charge is 0.322 e. The minimum Gasteiger partial charge on any atom is -0.322 e. The molecule has 1 N–H and O–H groups in total. The van der Waals surface area contributed by atoms with Crippen molar-refractivity contribution in [3.8, 4) is 0 Å². The molecule has 2 amide bonds. The van der Waals surface area contributed by atoms with Crippen LogP contribution in [0.25, 0.3) is 0 Å². The van der Waals surface area contributed by atoms with Crippen LogP contribution >= 0.6 is 0 Å². The van der Waals surface area contributed by atoms with Crippen LogP contribution in [0.5, 0.6) is 0 Å². The predicted octanol–water partition coefficient (Wildman–Crippen LogP) is 4.23. The summed E-state index contributed by atoms with van der Waals surface area (Å²) in [5, 5.41) is 2.85. The maximum atomic E-state index is 12.7. The first kappa shape index (κ1) is 18.3. The van der Waals surface area contributed by atoms with Crippen molar-refractivity contribution < 1.29 is 9.59 Å². The number of carbonyl (C=O) groups excluding carboxylic acids is 2. The van der Waals surface area contributed by atoms with Crippen molar-refractivity contribution in [1.29, 1.82) is 0 Å². The number of carbonyl (C=O) groups is 2. The van der Waals surface area contributed by atoms with E-state index in [0.717, 1.165) is 16.8 Å². The van der Waals surface area contributed by atoms with Gasteiger partial charge in [0.25, 0.3) is 11.8 Å². The van der Waals surface area contributed by atoms with Crippen LogP contribution in [0, 0.1) is 13.8 Å². The molecule has 3 aromatic rings. The quantitative estimate of drug-likeness (QED) is 0.758. The first-order valence-corrected chi connectivity index (χ1v) is 8.62. The van der Waals surface area contributed by atoms with Gasteiger partial charge in [-0.1, -0.05) is 24.3 Å². The molecule has 136 valence electrons. The Labute approximate surface area is 158 Å². The van der Waals surface area contributed by atoms with Gasteiger partial charge in [-0.3, -0.25) is 14.6 Å². The Morgan fingerprint density at radius 1 is 0.889 bits per heavy atom. The fraction of sp³-hybridized carbons (Fsp3) is 0.136. The third-order valence-electron chi connectivity index (χ3n) is 4.46. The number of amides is 2. The molecule has 0 spiro atoms. The van der Waals surface area contributed by atoms with Crippen molar-refractivity contribution in [2.45, 2.75) is 13.8 Å².